The molecule has 0 N–H and O–H groups in total. The molecule has 1 unspecified atom stereocenters. The van der Waals surface area contributed by atoms with Crippen LogP contribution in [-0.4, -0.2) is 5.78 Å². The molecule has 0 radical (unpaired) electrons. The molecule has 0 fully saturated rings. The van der Waals surface area contributed by atoms with E-state index in [0.717, 1.165) is 16.7 Å². The van der Waals surface area contributed by atoms with Gasteiger partial charge in [0.2, 0.25) is 0 Å². The minimum absolute atomic E-state index is 0.0797. The summed E-state index contributed by atoms with van der Waals surface area (Å²) in [6, 6.07) is 22.4. The summed E-state index contributed by atoms with van der Waals surface area (Å²) in [6.45, 7) is 0. The highest BCUT2D eigenvalue weighted by atomic mass is 35.5. The van der Waals surface area contributed by atoms with Crippen molar-refractivity contribution in [3.8, 4) is 6.07 Å². The molecule has 3 aromatic carbocycles. The fourth-order valence-electron chi connectivity index (χ4n) is 4.28. The third-order valence-corrected chi connectivity index (χ3v) is 6.14. The molecule has 0 bridgehead atoms. The van der Waals surface area contributed by atoms with E-state index in [9.17, 15) is 10.1 Å². The third-order valence-electron chi connectivity index (χ3n) is 5.41. The number of Topliss-reactive ketones (excluding diaryl/α,β-unsaturated/α-hetero) is 1. The van der Waals surface area contributed by atoms with E-state index in [-0.39, 0.29) is 12.2 Å². The summed E-state index contributed by atoms with van der Waals surface area (Å²) in [4.78, 5) is 13.4. The van der Waals surface area contributed by atoms with Gasteiger partial charge in [0.25, 0.3) is 0 Å². The smallest absolute Gasteiger partial charge is 0.168 e. The lowest BCUT2D eigenvalue weighted by molar-refractivity contribution is 0.0913. The number of carbonyl (C=O) groups is 1. The van der Waals surface area contributed by atoms with Crippen molar-refractivity contribution in [1.29, 1.82) is 5.26 Å². The SMILES string of the molecule is N#CCC1C(=O)c2cc(Cl)ccc2C1(c1ccc(Cl)cc1)c1ccc(Cl)cc1. The van der Waals surface area contributed by atoms with Crippen LogP contribution in [-0.2, 0) is 5.41 Å². The minimum atomic E-state index is -0.818. The van der Waals surface area contributed by atoms with Gasteiger partial charge in [0.1, 0.15) is 0 Å². The fourth-order valence-corrected chi connectivity index (χ4v) is 4.70. The molecule has 3 aromatic rings. The molecule has 0 amide bonds. The van der Waals surface area contributed by atoms with E-state index in [1.165, 1.54) is 0 Å². The predicted octanol–water partition coefficient (Wildman–Crippen LogP) is 6.71. The maximum Gasteiger partial charge on any atom is 0.168 e. The molecule has 4 rings (SSSR count). The van der Waals surface area contributed by atoms with E-state index in [0.29, 0.717) is 20.6 Å². The van der Waals surface area contributed by atoms with Crippen molar-refractivity contribution >= 4 is 40.6 Å². The third kappa shape index (κ3) is 2.83. The van der Waals surface area contributed by atoms with Crippen molar-refractivity contribution in [3.05, 3.63) is 104 Å². The Kier molecular flexibility index (Phi) is 4.93. The molecular formula is C23H14Cl3NO. The first-order chi connectivity index (χ1) is 13.5. The first-order valence-corrected chi connectivity index (χ1v) is 9.85. The van der Waals surface area contributed by atoms with Gasteiger partial charge in [0.05, 0.1) is 17.4 Å². The van der Waals surface area contributed by atoms with Crippen LogP contribution in [0.2, 0.25) is 15.1 Å². The van der Waals surface area contributed by atoms with Crippen molar-refractivity contribution in [2.24, 2.45) is 5.92 Å². The molecule has 0 saturated heterocycles. The Morgan fingerprint density at radius 1 is 0.821 bits per heavy atom. The summed E-state index contributed by atoms with van der Waals surface area (Å²) in [5.74, 6) is -0.655. The van der Waals surface area contributed by atoms with Gasteiger partial charge in [0, 0.05) is 27.1 Å². The van der Waals surface area contributed by atoms with E-state index in [4.69, 9.17) is 34.8 Å². The molecule has 0 aliphatic heterocycles. The number of carbonyl (C=O) groups excluding carboxylic acids is 1. The second-order valence-corrected chi connectivity index (χ2v) is 8.10. The van der Waals surface area contributed by atoms with E-state index < -0.39 is 11.3 Å². The molecular weight excluding hydrogens is 413 g/mol. The maximum absolute atomic E-state index is 13.4. The lowest BCUT2D eigenvalue weighted by Gasteiger charge is -2.36. The number of ketones is 1. The number of halogens is 3. The lowest BCUT2D eigenvalue weighted by atomic mass is 9.64. The number of rotatable bonds is 3. The van der Waals surface area contributed by atoms with Crippen LogP contribution in [0.1, 0.15) is 33.5 Å². The molecule has 138 valence electrons. The summed E-state index contributed by atoms with van der Waals surface area (Å²) in [6.07, 6.45) is 0.0797. The van der Waals surface area contributed by atoms with Gasteiger partial charge < -0.3 is 0 Å². The van der Waals surface area contributed by atoms with Crippen molar-refractivity contribution in [2.75, 3.05) is 0 Å². The van der Waals surface area contributed by atoms with Gasteiger partial charge in [-0.1, -0.05) is 65.1 Å². The summed E-state index contributed by atoms with van der Waals surface area (Å²) in [7, 11) is 0. The normalized spacial score (nSPS) is 17.2. The first-order valence-electron chi connectivity index (χ1n) is 8.71. The number of hydrogen-bond donors (Lipinski definition) is 0. The van der Waals surface area contributed by atoms with Gasteiger partial charge in [-0.2, -0.15) is 5.26 Å². The zero-order valence-corrected chi connectivity index (χ0v) is 16.9. The highest BCUT2D eigenvalue weighted by molar-refractivity contribution is 6.31. The molecule has 0 heterocycles. The molecule has 5 heteroatoms. The van der Waals surface area contributed by atoms with Crippen LogP contribution >= 0.6 is 34.8 Å². The average Bonchev–Trinajstić information content (AvgIpc) is 2.93. The standard InChI is InChI=1S/C23H14Cl3NO/c24-16-5-1-14(2-6-16)23(15-3-7-17(25)8-4-15)20-10-9-18(26)13-19(20)22(28)21(23)11-12-27/h1-10,13,21H,11H2. The Labute approximate surface area is 178 Å². The number of benzene rings is 3. The number of hydrogen-bond acceptors (Lipinski definition) is 2. The van der Waals surface area contributed by atoms with Gasteiger partial charge in [-0.25, -0.2) is 0 Å². The summed E-state index contributed by atoms with van der Waals surface area (Å²) in [5, 5.41) is 11.2. The molecule has 28 heavy (non-hydrogen) atoms. The van der Waals surface area contributed by atoms with Gasteiger partial charge in [-0.05, 0) is 53.1 Å². The Balaban J connectivity index is 2.11. The summed E-state index contributed by atoms with van der Waals surface area (Å²) in [5.41, 5.74) is 2.37. The second kappa shape index (κ2) is 7.26. The van der Waals surface area contributed by atoms with Gasteiger partial charge in [-0.15, -0.1) is 0 Å². The first kappa shape index (κ1) is 19.0. The van der Waals surface area contributed by atoms with Crippen LogP contribution in [0.4, 0.5) is 0 Å². The molecule has 1 atom stereocenters. The molecule has 0 spiro atoms. The molecule has 1 aliphatic rings. The van der Waals surface area contributed by atoms with Crippen LogP contribution in [0.5, 0.6) is 0 Å². The van der Waals surface area contributed by atoms with Gasteiger partial charge >= 0.3 is 0 Å². The predicted molar refractivity (Wildman–Crippen MR) is 112 cm³/mol. The average molecular weight is 427 g/mol. The van der Waals surface area contributed by atoms with E-state index in [1.54, 1.807) is 36.4 Å². The molecule has 1 aliphatic carbocycles. The fraction of sp³-hybridized carbons (Fsp3) is 0.130. The van der Waals surface area contributed by atoms with Crippen LogP contribution in [0.15, 0.2) is 66.7 Å². The van der Waals surface area contributed by atoms with Crippen LogP contribution in [0.25, 0.3) is 0 Å². The topological polar surface area (TPSA) is 40.9 Å². The molecule has 0 aromatic heterocycles. The monoisotopic (exact) mass is 425 g/mol. The van der Waals surface area contributed by atoms with E-state index in [2.05, 4.69) is 6.07 Å². The largest absolute Gasteiger partial charge is 0.294 e. The van der Waals surface area contributed by atoms with Crippen molar-refractivity contribution in [2.45, 2.75) is 11.8 Å². The van der Waals surface area contributed by atoms with Crippen molar-refractivity contribution in [3.63, 3.8) is 0 Å². The molecule has 2 nitrogen and oxygen atoms in total. The Morgan fingerprint density at radius 3 is 1.82 bits per heavy atom. The number of nitrogens with zero attached hydrogens (tertiary/aromatic N) is 1. The zero-order valence-electron chi connectivity index (χ0n) is 14.6. The van der Waals surface area contributed by atoms with E-state index >= 15 is 0 Å². The Hall–Kier alpha value is -2.31. The Bertz CT molecular complexity index is 1050. The van der Waals surface area contributed by atoms with Crippen LogP contribution < -0.4 is 0 Å². The highest BCUT2D eigenvalue weighted by Crippen LogP contribution is 2.54. The van der Waals surface area contributed by atoms with Gasteiger partial charge in [-0.3, -0.25) is 4.79 Å². The maximum atomic E-state index is 13.4. The number of fused-ring (bicyclic) bond motifs is 1. The number of nitriles is 1. The quantitative estimate of drug-likeness (QED) is 0.467. The van der Waals surface area contributed by atoms with Crippen LogP contribution in [0, 0.1) is 17.2 Å². The van der Waals surface area contributed by atoms with Gasteiger partial charge in [0.15, 0.2) is 5.78 Å². The Morgan fingerprint density at radius 2 is 1.32 bits per heavy atom. The van der Waals surface area contributed by atoms with Crippen molar-refractivity contribution in [1.82, 2.24) is 0 Å². The summed E-state index contributed by atoms with van der Waals surface area (Å²) < 4.78 is 0. The molecule has 0 saturated carbocycles. The highest BCUT2D eigenvalue weighted by Gasteiger charge is 2.54. The second-order valence-electron chi connectivity index (χ2n) is 6.79. The van der Waals surface area contributed by atoms with Crippen LogP contribution in [0.3, 0.4) is 0 Å². The lowest BCUT2D eigenvalue weighted by Crippen LogP contribution is -2.36. The summed E-state index contributed by atoms with van der Waals surface area (Å²) >= 11 is 18.4. The van der Waals surface area contributed by atoms with Crippen molar-refractivity contribution < 1.29 is 4.79 Å². The zero-order chi connectivity index (χ0) is 19.9. The van der Waals surface area contributed by atoms with E-state index in [1.807, 2.05) is 30.3 Å². The minimum Gasteiger partial charge on any atom is -0.294 e.